The number of nitrogens with zero attached hydrogens (tertiary/aromatic N) is 5. The van der Waals surface area contributed by atoms with Gasteiger partial charge in [0.1, 0.15) is 0 Å². The number of hydrogen-bond donors (Lipinski definition) is 0. The molecule has 6 nitrogen and oxygen atoms in total. The molecule has 158 valence electrons. The van der Waals surface area contributed by atoms with E-state index in [0.717, 1.165) is 42.1 Å². The molecule has 0 radical (unpaired) electrons. The van der Waals surface area contributed by atoms with Crippen molar-refractivity contribution in [3.05, 3.63) is 68.9 Å². The van der Waals surface area contributed by atoms with Crippen LogP contribution >= 0.6 is 11.3 Å². The fourth-order valence-electron chi connectivity index (χ4n) is 4.18. The Morgan fingerprint density at radius 2 is 2.00 bits per heavy atom. The summed E-state index contributed by atoms with van der Waals surface area (Å²) in [5.74, 6) is -0.0171. The van der Waals surface area contributed by atoms with Crippen LogP contribution in [0.1, 0.15) is 44.4 Å². The predicted octanol–water partition coefficient (Wildman–Crippen LogP) is 3.39. The molecular weight excluding hydrogens is 394 g/mol. The van der Waals surface area contributed by atoms with Gasteiger partial charge in [0.25, 0.3) is 5.91 Å². The van der Waals surface area contributed by atoms with E-state index in [9.17, 15) is 4.79 Å². The Morgan fingerprint density at radius 1 is 1.23 bits per heavy atom. The first-order valence-corrected chi connectivity index (χ1v) is 11.3. The molecule has 1 aromatic carbocycles. The number of aromatic nitrogens is 3. The second kappa shape index (κ2) is 8.70. The fourth-order valence-corrected chi connectivity index (χ4v) is 4.79. The molecule has 0 bridgehead atoms. The summed E-state index contributed by atoms with van der Waals surface area (Å²) in [6, 6.07) is 10.7. The average molecular weight is 424 g/mol. The molecule has 0 fully saturated rings. The van der Waals surface area contributed by atoms with Gasteiger partial charge < -0.3 is 4.90 Å². The largest absolute Gasteiger partial charge is 0.343 e. The minimum absolute atomic E-state index is 0.0171. The Kier molecular flexibility index (Phi) is 6.01. The standard InChI is InChI=1S/C23H29N5OS/c1-16-24-18(15-30-16)14-27(4)19-10-11-21-20(12-19)22(23(29)26(2)3)25-28(21)13-17-8-6-5-7-9-17/h5-9,15,19H,10-14H2,1-4H3. The van der Waals surface area contributed by atoms with Gasteiger partial charge in [-0.15, -0.1) is 11.3 Å². The average Bonchev–Trinajstić information content (AvgIpc) is 3.31. The van der Waals surface area contributed by atoms with Crippen LogP contribution < -0.4 is 0 Å². The number of likely N-dealkylation sites (N-methyl/N-ethyl adjacent to an activating group) is 1. The van der Waals surface area contributed by atoms with E-state index in [0.29, 0.717) is 18.3 Å². The van der Waals surface area contributed by atoms with Gasteiger partial charge in [0.05, 0.1) is 17.2 Å². The first-order valence-electron chi connectivity index (χ1n) is 10.4. The third kappa shape index (κ3) is 4.32. The van der Waals surface area contributed by atoms with Crippen LogP contribution in [0.5, 0.6) is 0 Å². The van der Waals surface area contributed by atoms with Gasteiger partial charge in [-0.25, -0.2) is 4.98 Å². The summed E-state index contributed by atoms with van der Waals surface area (Å²) in [6.45, 7) is 3.57. The Balaban J connectivity index is 1.60. The zero-order valence-corrected chi connectivity index (χ0v) is 18.9. The van der Waals surface area contributed by atoms with Gasteiger partial charge in [-0.05, 0) is 38.8 Å². The summed E-state index contributed by atoms with van der Waals surface area (Å²) in [6.07, 6.45) is 2.84. The lowest BCUT2D eigenvalue weighted by Crippen LogP contribution is -2.37. The molecule has 1 amide bonds. The van der Waals surface area contributed by atoms with Crippen LogP contribution in [0.3, 0.4) is 0 Å². The number of carbonyl (C=O) groups is 1. The maximum absolute atomic E-state index is 12.9. The quantitative estimate of drug-likeness (QED) is 0.610. The molecule has 2 heterocycles. The summed E-state index contributed by atoms with van der Waals surface area (Å²) < 4.78 is 2.04. The smallest absolute Gasteiger partial charge is 0.274 e. The normalized spacial score (nSPS) is 16.0. The number of hydrogen-bond acceptors (Lipinski definition) is 5. The molecule has 7 heteroatoms. The highest BCUT2D eigenvalue weighted by Crippen LogP contribution is 2.29. The van der Waals surface area contributed by atoms with Crippen molar-refractivity contribution < 1.29 is 4.79 Å². The molecule has 1 unspecified atom stereocenters. The monoisotopic (exact) mass is 423 g/mol. The minimum Gasteiger partial charge on any atom is -0.343 e. The van der Waals surface area contributed by atoms with Crippen LogP contribution in [0.15, 0.2) is 35.7 Å². The zero-order valence-electron chi connectivity index (χ0n) is 18.1. The Bertz CT molecular complexity index is 1020. The zero-order chi connectivity index (χ0) is 21.3. The van der Waals surface area contributed by atoms with Crippen molar-refractivity contribution in [2.24, 2.45) is 0 Å². The van der Waals surface area contributed by atoms with E-state index < -0.39 is 0 Å². The Hall–Kier alpha value is -2.51. The fraction of sp³-hybridized carbons (Fsp3) is 0.435. The van der Waals surface area contributed by atoms with Crippen LogP contribution in [-0.4, -0.2) is 57.7 Å². The molecule has 0 saturated carbocycles. The molecule has 0 saturated heterocycles. The third-order valence-corrected chi connectivity index (χ3v) is 6.63. The number of thiazole rings is 1. The minimum atomic E-state index is -0.0171. The predicted molar refractivity (Wildman–Crippen MR) is 120 cm³/mol. The number of fused-ring (bicyclic) bond motifs is 1. The maximum atomic E-state index is 12.9. The maximum Gasteiger partial charge on any atom is 0.274 e. The van der Waals surface area contributed by atoms with Crippen LogP contribution in [0.2, 0.25) is 0 Å². The van der Waals surface area contributed by atoms with E-state index >= 15 is 0 Å². The molecule has 0 aliphatic heterocycles. The second-order valence-electron chi connectivity index (χ2n) is 8.29. The van der Waals surface area contributed by atoms with Gasteiger partial charge in [0, 0.05) is 43.3 Å². The molecule has 1 aliphatic rings. The van der Waals surface area contributed by atoms with Gasteiger partial charge in [-0.3, -0.25) is 14.4 Å². The molecule has 1 aliphatic carbocycles. The van der Waals surface area contributed by atoms with Crippen molar-refractivity contribution in [1.29, 1.82) is 0 Å². The van der Waals surface area contributed by atoms with Gasteiger partial charge in [-0.2, -0.15) is 5.10 Å². The van der Waals surface area contributed by atoms with E-state index in [1.165, 1.54) is 11.3 Å². The molecule has 3 aromatic rings. The lowest BCUT2D eigenvalue weighted by molar-refractivity contribution is 0.0819. The number of aryl methyl sites for hydroxylation is 1. The van der Waals surface area contributed by atoms with Crippen LogP contribution in [-0.2, 0) is 25.9 Å². The highest BCUT2D eigenvalue weighted by atomic mass is 32.1. The number of benzene rings is 1. The lowest BCUT2D eigenvalue weighted by Gasteiger charge is -2.31. The highest BCUT2D eigenvalue weighted by Gasteiger charge is 2.31. The lowest BCUT2D eigenvalue weighted by atomic mass is 9.90. The summed E-state index contributed by atoms with van der Waals surface area (Å²) >= 11 is 1.69. The van der Waals surface area contributed by atoms with Crippen LogP contribution in [0.4, 0.5) is 0 Å². The van der Waals surface area contributed by atoms with Gasteiger partial charge in [0.2, 0.25) is 0 Å². The van der Waals surface area contributed by atoms with Crippen molar-refractivity contribution >= 4 is 17.2 Å². The van der Waals surface area contributed by atoms with E-state index in [1.807, 2.05) is 29.8 Å². The van der Waals surface area contributed by atoms with E-state index in [2.05, 4.69) is 34.4 Å². The van der Waals surface area contributed by atoms with Crippen LogP contribution in [0, 0.1) is 6.92 Å². The summed E-state index contributed by atoms with van der Waals surface area (Å²) in [5, 5.41) is 8.03. The molecule has 4 rings (SSSR count). The van der Waals surface area contributed by atoms with E-state index in [4.69, 9.17) is 5.10 Å². The molecular formula is C23H29N5OS. The Labute approximate surface area is 182 Å². The first-order chi connectivity index (χ1) is 14.4. The topological polar surface area (TPSA) is 54.3 Å². The van der Waals surface area contributed by atoms with Crippen molar-refractivity contribution in [2.45, 2.75) is 45.3 Å². The van der Waals surface area contributed by atoms with E-state index in [-0.39, 0.29) is 5.91 Å². The summed E-state index contributed by atoms with van der Waals surface area (Å²) in [7, 11) is 5.75. The highest BCUT2D eigenvalue weighted by molar-refractivity contribution is 7.09. The summed E-state index contributed by atoms with van der Waals surface area (Å²) in [4.78, 5) is 21.5. The molecule has 1 atom stereocenters. The molecule has 0 N–H and O–H groups in total. The third-order valence-electron chi connectivity index (χ3n) is 5.81. The van der Waals surface area contributed by atoms with Gasteiger partial charge >= 0.3 is 0 Å². The molecule has 0 spiro atoms. The van der Waals surface area contributed by atoms with Crippen molar-refractivity contribution in [2.75, 3.05) is 21.1 Å². The summed E-state index contributed by atoms with van der Waals surface area (Å²) in [5.41, 5.74) is 5.24. The van der Waals surface area contributed by atoms with E-state index in [1.54, 1.807) is 30.3 Å². The first kappa shape index (κ1) is 20.8. The number of carbonyl (C=O) groups excluding carboxylic acids is 1. The van der Waals surface area contributed by atoms with Gasteiger partial charge in [0.15, 0.2) is 5.69 Å². The Morgan fingerprint density at radius 3 is 2.67 bits per heavy atom. The van der Waals surface area contributed by atoms with Crippen LogP contribution in [0.25, 0.3) is 0 Å². The van der Waals surface area contributed by atoms with Crippen molar-refractivity contribution in [3.63, 3.8) is 0 Å². The SMILES string of the molecule is Cc1nc(CN(C)C2CCc3c(c(C(=O)N(C)C)nn3Cc3ccccc3)C2)cs1. The van der Waals surface area contributed by atoms with Crippen molar-refractivity contribution in [3.8, 4) is 0 Å². The number of rotatable bonds is 6. The number of amides is 1. The van der Waals surface area contributed by atoms with Crippen molar-refractivity contribution in [1.82, 2.24) is 24.6 Å². The molecule has 30 heavy (non-hydrogen) atoms. The molecule has 2 aromatic heterocycles. The van der Waals surface area contributed by atoms with Gasteiger partial charge in [-0.1, -0.05) is 30.3 Å². The second-order valence-corrected chi connectivity index (χ2v) is 9.35.